The number of halogens is 3. The van der Waals surface area contributed by atoms with Gasteiger partial charge in [0.2, 0.25) is 5.91 Å². The lowest BCUT2D eigenvalue weighted by Crippen LogP contribution is -2.45. The van der Waals surface area contributed by atoms with Crippen molar-refractivity contribution in [2.24, 2.45) is 5.92 Å². The molecule has 2 rings (SSSR count). The van der Waals surface area contributed by atoms with Crippen molar-refractivity contribution in [3.63, 3.8) is 0 Å². The van der Waals surface area contributed by atoms with Gasteiger partial charge in [0.25, 0.3) is 0 Å². The van der Waals surface area contributed by atoms with E-state index in [-0.39, 0.29) is 0 Å². The van der Waals surface area contributed by atoms with Gasteiger partial charge in [-0.25, -0.2) is 13.2 Å². The predicted molar refractivity (Wildman–Crippen MR) is 65.1 cm³/mol. The van der Waals surface area contributed by atoms with E-state index in [0.717, 1.165) is 6.42 Å². The van der Waals surface area contributed by atoms with Crippen molar-refractivity contribution in [1.29, 1.82) is 0 Å². The van der Waals surface area contributed by atoms with Crippen molar-refractivity contribution in [2.45, 2.75) is 25.8 Å². The lowest BCUT2D eigenvalue weighted by Gasteiger charge is -2.27. The van der Waals surface area contributed by atoms with Gasteiger partial charge in [0.1, 0.15) is 11.5 Å². The van der Waals surface area contributed by atoms with Crippen molar-refractivity contribution in [2.75, 3.05) is 11.9 Å². The van der Waals surface area contributed by atoms with Crippen molar-refractivity contribution < 1.29 is 18.0 Å². The van der Waals surface area contributed by atoms with Gasteiger partial charge in [-0.15, -0.1) is 0 Å². The van der Waals surface area contributed by atoms with Crippen LogP contribution in [0.3, 0.4) is 0 Å². The summed E-state index contributed by atoms with van der Waals surface area (Å²) in [5.41, 5.74) is -0.605. The van der Waals surface area contributed by atoms with E-state index >= 15 is 0 Å². The Morgan fingerprint density at radius 2 is 1.95 bits per heavy atom. The highest BCUT2D eigenvalue weighted by Gasteiger charge is 2.26. The van der Waals surface area contributed by atoms with Crippen LogP contribution < -0.4 is 10.6 Å². The molecule has 2 N–H and O–H groups in total. The van der Waals surface area contributed by atoms with Gasteiger partial charge in [-0.3, -0.25) is 4.79 Å². The normalized spacial score (nSPS) is 23.2. The fraction of sp³-hybridized carbons (Fsp3) is 0.462. The van der Waals surface area contributed by atoms with Crippen LogP contribution in [0.2, 0.25) is 0 Å². The summed E-state index contributed by atoms with van der Waals surface area (Å²) in [7, 11) is 0. The molecule has 2 unspecified atom stereocenters. The maximum absolute atomic E-state index is 13.4. The van der Waals surface area contributed by atoms with Gasteiger partial charge in [-0.05, 0) is 25.3 Å². The molecule has 1 heterocycles. The summed E-state index contributed by atoms with van der Waals surface area (Å²) in [5.74, 6) is -3.38. The summed E-state index contributed by atoms with van der Waals surface area (Å²) in [6.45, 7) is 2.70. The largest absolute Gasteiger partial charge is 0.320 e. The molecule has 0 saturated carbocycles. The Labute approximate surface area is 109 Å². The Kier molecular flexibility index (Phi) is 4.09. The minimum Gasteiger partial charge on any atom is -0.320 e. The number of carbonyl (C=O) groups is 1. The number of benzene rings is 1. The number of piperidine rings is 1. The van der Waals surface area contributed by atoms with Gasteiger partial charge in [0, 0.05) is 12.1 Å². The van der Waals surface area contributed by atoms with Crippen LogP contribution in [-0.2, 0) is 4.79 Å². The number of amides is 1. The summed E-state index contributed by atoms with van der Waals surface area (Å²) in [6, 6.07) is 0.596. The first-order chi connectivity index (χ1) is 8.97. The molecule has 1 aliphatic heterocycles. The molecule has 1 amide bonds. The van der Waals surface area contributed by atoms with Crippen LogP contribution in [-0.4, -0.2) is 18.5 Å². The number of anilines is 1. The van der Waals surface area contributed by atoms with Crippen LogP contribution in [0.1, 0.15) is 19.8 Å². The smallest absolute Gasteiger partial charge is 0.241 e. The summed E-state index contributed by atoms with van der Waals surface area (Å²) < 4.78 is 39.5. The molecule has 6 heteroatoms. The molecule has 104 valence electrons. The summed E-state index contributed by atoms with van der Waals surface area (Å²) >= 11 is 0. The van der Waals surface area contributed by atoms with E-state index < -0.39 is 35.1 Å². The monoisotopic (exact) mass is 272 g/mol. The Bertz CT molecular complexity index is 470. The van der Waals surface area contributed by atoms with Gasteiger partial charge >= 0.3 is 0 Å². The standard InChI is InChI=1S/C13H15F3N2O/c1-7-2-3-17-11(4-7)13(19)18-12-9(15)5-8(14)6-10(12)16/h5-7,11,17H,2-4H2,1H3,(H,18,19). The third-order valence-electron chi connectivity index (χ3n) is 3.24. The van der Waals surface area contributed by atoms with Crippen molar-refractivity contribution in [1.82, 2.24) is 5.32 Å². The molecular formula is C13H15F3N2O. The fourth-order valence-electron chi connectivity index (χ4n) is 2.18. The van der Waals surface area contributed by atoms with E-state index in [1.807, 2.05) is 6.92 Å². The third-order valence-corrected chi connectivity index (χ3v) is 3.24. The quantitative estimate of drug-likeness (QED) is 0.868. The Morgan fingerprint density at radius 1 is 1.32 bits per heavy atom. The molecule has 19 heavy (non-hydrogen) atoms. The lowest BCUT2D eigenvalue weighted by molar-refractivity contribution is -0.119. The van der Waals surface area contributed by atoms with E-state index in [2.05, 4.69) is 10.6 Å². The number of hydrogen-bond acceptors (Lipinski definition) is 2. The van der Waals surface area contributed by atoms with Gasteiger partial charge in [0.15, 0.2) is 11.6 Å². The molecule has 1 aromatic carbocycles. The highest BCUT2D eigenvalue weighted by molar-refractivity contribution is 5.95. The maximum Gasteiger partial charge on any atom is 0.241 e. The van der Waals surface area contributed by atoms with Gasteiger partial charge in [-0.2, -0.15) is 0 Å². The molecule has 0 aromatic heterocycles. The van der Waals surface area contributed by atoms with Gasteiger partial charge < -0.3 is 10.6 Å². The second-order valence-electron chi connectivity index (χ2n) is 4.87. The molecule has 0 aliphatic carbocycles. The summed E-state index contributed by atoms with van der Waals surface area (Å²) in [4.78, 5) is 11.9. The van der Waals surface area contributed by atoms with E-state index in [0.29, 0.717) is 31.0 Å². The van der Waals surface area contributed by atoms with Gasteiger partial charge in [0.05, 0.1) is 6.04 Å². The van der Waals surface area contributed by atoms with Crippen LogP contribution in [0.15, 0.2) is 12.1 Å². The second-order valence-corrected chi connectivity index (χ2v) is 4.87. The minimum absolute atomic E-state index is 0.375. The summed E-state index contributed by atoms with van der Waals surface area (Å²) in [6.07, 6.45) is 1.57. The van der Waals surface area contributed by atoms with E-state index in [4.69, 9.17) is 0 Å². The number of carbonyl (C=O) groups excluding carboxylic acids is 1. The Morgan fingerprint density at radius 3 is 2.53 bits per heavy atom. The first kappa shape index (κ1) is 13.9. The van der Waals surface area contributed by atoms with Crippen LogP contribution in [0.25, 0.3) is 0 Å². The topological polar surface area (TPSA) is 41.1 Å². The fourth-order valence-corrected chi connectivity index (χ4v) is 2.18. The first-order valence-electron chi connectivity index (χ1n) is 6.16. The first-order valence-corrected chi connectivity index (χ1v) is 6.16. The van der Waals surface area contributed by atoms with Crippen molar-refractivity contribution in [3.8, 4) is 0 Å². The van der Waals surface area contributed by atoms with Crippen LogP contribution in [0, 0.1) is 23.4 Å². The lowest BCUT2D eigenvalue weighted by atomic mass is 9.94. The zero-order valence-electron chi connectivity index (χ0n) is 10.5. The zero-order valence-corrected chi connectivity index (χ0v) is 10.5. The molecule has 0 spiro atoms. The molecule has 1 fully saturated rings. The molecule has 1 aromatic rings. The molecule has 0 radical (unpaired) electrons. The molecule has 0 bridgehead atoms. The van der Waals surface area contributed by atoms with Gasteiger partial charge in [-0.1, -0.05) is 6.92 Å². The molecular weight excluding hydrogens is 257 g/mol. The molecule has 1 aliphatic rings. The van der Waals surface area contributed by atoms with Crippen molar-refractivity contribution >= 4 is 11.6 Å². The average molecular weight is 272 g/mol. The molecule has 2 atom stereocenters. The predicted octanol–water partition coefficient (Wildman–Crippen LogP) is 2.43. The Balaban J connectivity index is 2.10. The van der Waals surface area contributed by atoms with E-state index in [9.17, 15) is 18.0 Å². The van der Waals surface area contributed by atoms with Crippen LogP contribution >= 0.6 is 0 Å². The number of rotatable bonds is 2. The SMILES string of the molecule is CC1CCNC(C(=O)Nc2c(F)cc(F)cc2F)C1. The van der Waals surface area contributed by atoms with Crippen molar-refractivity contribution in [3.05, 3.63) is 29.6 Å². The highest BCUT2D eigenvalue weighted by atomic mass is 19.1. The number of hydrogen-bond donors (Lipinski definition) is 2. The number of nitrogens with one attached hydrogen (secondary N) is 2. The van der Waals surface area contributed by atoms with Crippen LogP contribution in [0.5, 0.6) is 0 Å². The highest BCUT2D eigenvalue weighted by Crippen LogP contribution is 2.22. The Hall–Kier alpha value is -1.56. The second kappa shape index (κ2) is 5.61. The summed E-state index contributed by atoms with van der Waals surface area (Å²) in [5, 5.41) is 5.17. The van der Waals surface area contributed by atoms with E-state index in [1.54, 1.807) is 0 Å². The molecule has 3 nitrogen and oxygen atoms in total. The maximum atomic E-state index is 13.4. The van der Waals surface area contributed by atoms with E-state index in [1.165, 1.54) is 0 Å². The zero-order chi connectivity index (χ0) is 14.0. The minimum atomic E-state index is -1.12. The average Bonchev–Trinajstić information content (AvgIpc) is 2.33. The third kappa shape index (κ3) is 3.26. The molecule has 1 saturated heterocycles. The van der Waals surface area contributed by atoms with Crippen LogP contribution in [0.4, 0.5) is 18.9 Å².